The first-order valence-electron chi connectivity index (χ1n) is 9.30. The quantitative estimate of drug-likeness (QED) is 0.571. The standard InChI is InChI=1S/C23H21ClFN3O2/c1-28(15-16-6-3-2-4-7-16)23(30)17-8-5-9-19(12-17)27-22(29)14-26-18-10-11-21(25)20(24)13-18/h2-13,26H,14-15H2,1H3,(H,27,29). The van der Waals surface area contributed by atoms with E-state index in [4.69, 9.17) is 11.6 Å². The van der Waals surface area contributed by atoms with Gasteiger partial charge in [-0.05, 0) is 42.0 Å². The summed E-state index contributed by atoms with van der Waals surface area (Å²) in [6.07, 6.45) is 0. The molecule has 0 aromatic heterocycles. The van der Waals surface area contributed by atoms with E-state index in [-0.39, 0.29) is 23.4 Å². The highest BCUT2D eigenvalue weighted by Crippen LogP contribution is 2.19. The van der Waals surface area contributed by atoms with E-state index < -0.39 is 5.82 Å². The van der Waals surface area contributed by atoms with E-state index in [0.717, 1.165) is 5.56 Å². The number of benzene rings is 3. The lowest BCUT2D eigenvalue weighted by molar-refractivity contribution is -0.114. The second-order valence-electron chi connectivity index (χ2n) is 6.76. The van der Waals surface area contributed by atoms with Gasteiger partial charge in [0.25, 0.3) is 5.91 Å². The fourth-order valence-corrected chi connectivity index (χ4v) is 3.05. The number of hydrogen-bond acceptors (Lipinski definition) is 3. The lowest BCUT2D eigenvalue weighted by atomic mass is 10.1. The smallest absolute Gasteiger partial charge is 0.253 e. The fourth-order valence-electron chi connectivity index (χ4n) is 2.87. The molecule has 0 bridgehead atoms. The topological polar surface area (TPSA) is 61.4 Å². The Kier molecular flexibility index (Phi) is 7.03. The number of carbonyl (C=O) groups is 2. The average Bonchev–Trinajstić information content (AvgIpc) is 2.75. The Hall–Kier alpha value is -3.38. The molecule has 0 spiro atoms. The van der Waals surface area contributed by atoms with E-state index >= 15 is 0 Å². The molecule has 0 unspecified atom stereocenters. The predicted octanol–water partition coefficient (Wildman–Crippen LogP) is 4.80. The van der Waals surface area contributed by atoms with Crippen molar-refractivity contribution in [3.63, 3.8) is 0 Å². The Balaban J connectivity index is 1.58. The fraction of sp³-hybridized carbons (Fsp3) is 0.130. The summed E-state index contributed by atoms with van der Waals surface area (Å²) >= 11 is 5.73. The first-order chi connectivity index (χ1) is 14.4. The van der Waals surface area contributed by atoms with Crippen LogP contribution in [0.5, 0.6) is 0 Å². The molecule has 5 nitrogen and oxygen atoms in total. The van der Waals surface area contributed by atoms with Crippen LogP contribution in [0.3, 0.4) is 0 Å². The minimum atomic E-state index is -0.523. The van der Waals surface area contributed by atoms with Gasteiger partial charge in [-0.15, -0.1) is 0 Å². The van der Waals surface area contributed by atoms with Crippen molar-refractivity contribution in [2.75, 3.05) is 24.2 Å². The number of nitrogens with one attached hydrogen (secondary N) is 2. The van der Waals surface area contributed by atoms with Crippen LogP contribution in [0.1, 0.15) is 15.9 Å². The summed E-state index contributed by atoms with van der Waals surface area (Å²) in [6.45, 7) is 0.453. The third kappa shape index (κ3) is 5.81. The molecule has 0 radical (unpaired) electrons. The molecule has 0 aliphatic rings. The Morgan fingerprint density at radius 3 is 2.47 bits per heavy atom. The maximum Gasteiger partial charge on any atom is 0.253 e. The number of carbonyl (C=O) groups excluding carboxylic acids is 2. The Morgan fingerprint density at radius 1 is 0.967 bits per heavy atom. The van der Waals surface area contributed by atoms with E-state index in [1.807, 2.05) is 30.3 Å². The van der Waals surface area contributed by atoms with Crippen LogP contribution in [0.2, 0.25) is 5.02 Å². The lowest BCUT2D eigenvalue weighted by Crippen LogP contribution is -2.26. The summed E-state index contributed by atoms with van der Waals surface area (Å²) in [5.74, 6) is -0.975. The van der Waals surface area contributed by atoms with Crippen LogP contribution in [0.4, 0.5) is 15.8 Å². The number of hydrogen-bond donors (Lipinski definition) is 2. The van der Waals surface area contributed by atoms with Crippen molar-refractivity contribution in [1.82, 2.24) is 4.90 Å². The molecule has 0 fully saturated rings. The van der Waals surface area contributed by atoms with Gasteiger partial charge in [0.05, 0.1) is 11.6 Å². The van der Waals surface area contributed by atoms with Gasteiger partial charge < -0.3 is 15.5 Å². The number of nitrogens with zero attached hydrogens (tertiary/aromatic N) is 1. The Morgan fingerprint density at radius 2 is 1.73 bits per heavy atom. The van der Waals surface area contributed by atoms with Crippen LogP contribution in [0.25, 0.3) is 0 Å². The van der Waals surface area contributed by atoms with Crippen LogP contribution >= 0.6 is 11.6 Å². The van der Waals surface area contributed by atoms with E-state index in [1.54, 1.807) is 36.2 Å². The number of halogens is 2. The summed E-state index contributed by atoms with van der Waals surface area (Å²) in [6, 6.07) is 20.6. The minimum Gasteiger partial charge on any atom is -0.376 e. The van der Waals surface area contributed by atoms with Gasteiger partial charge in [0, 0.05) is 30.5 Å². The zero-order chi connectivity index (χ0) is 21.5. The van der Waals surface area contributed by atoms with Gasteiger partial charge in [-0.2, -0.15) is 0 Å². The third-order valence-electron chi connectivity index (χ3n) is 4.38. The highest BCUT2D eigenvalue weighted by atomic mass is 35.5. The maximum atomic E-state index is 13.2. The van der Waals surface area contributed by atoms with Crippen molar-refractivity contribution >= 4 is 34.8 Å². The Bertz CT molecular complexity index is 1040. The van der Waals surface area contributed by atoms with Crippen molar-refractivity contribution < 1.29 is 14.0 Å². The van der Waals surface area contributed by atoms with Gasteiger partial charge in [0.2, 0.25) is 5.91 Å². The summed E-state index contributed by atoms with van der Waals surface area (Å²) in [4.78, 5) is 26.6. The van der Waals surface area contributed by atoms with E-state index in [2.05, 4.69) is 10.6 Å². The summed E-state index contributed by atoms with van der Waals surface area (Å²) in [5.41, 5.74) is 2.55. The van der Waals surface area contributed by atoms with Crippen molar-refractivity contribution in [3.05, 3.63) is 94.8 Å². The van der Waals surface area contributed by atoms with Crippen LogP contribution in [0.15, 0.2) is 72.8 Å². The molecule has 30 heavy (non-hydrogen) atoms. The predicted molar refractivity (Wildman–Crippen MR) is 117 cm³/mol. The molecule has 3 aromatic carbocycles. The third-order valence-corrected chi connectivity index (χ3v) is 4.66. The van der Waals surface area contributed by atoms with Crippen LogP contribution in [-0.4, -0.2) is 30.3 Å². The molecule has 2 amide bonds. The van der Waals surface area contributed by atoms with E-state index in [1.165, 1.54) is 18.2 Å². The Labute approximate surface area is 179 Å². The molecule has 2 N–H and O–H groups in total. The first kappa shape index (κ1) is 21.3. The molecular formula is C23H21ClFN3O2. The van der Waals surface area contributed by atoms with Gasteiger partial charge in [-0.25, -0.2) is 4.39 Å². The van der Waals surface area contributed by atoms with Gasteiger partial charge in [-0.1, -0.05) is 48.0 Å². The summed E-state index contributed by atoms with van der Waals surface area (Å²) in [7, 11) is 1.73. The van der Waals surface area contributed by atoms with Gasteiger partial charge in [0.1, 0.15) is 5.82 Å². The molecule has 0 aliphatic carbocycles. The number of amides is 2. The molecule has 0 aliphatic heterocycles. The van der Waals surface area contributed by atoms with Crippen LogP contribution in [-0.2, 0) is 11.3 Å². The van der Waals surface area contributed by atoms with E-state index in [0.29, 0.717) is 23.5 Å². The lowest BCUT2D eigenvalue weighted by Gasteiger charge is -2.18. The van der Waals surface area contributed by atoms with Gasteiger partial charge in [0.15, 0.2) is 0 Å². The minimum absolute atomic E-state index is 0.0220. The first-order valence-corrected chi connectivity index (χ1v) is 9.68. The zero-order valence-electron chi connectivity index (χ0n) is 16.4. The van der Waals surface area contributed by atoms with Crippen molar-refractivity contribution in [1.29, 1.82) is 0 Å². The molecule has 154 valence electrons. The molecule has 0 heterocycles. The maximum absolute atomic E-state index is 13.2. The monoisotopic (exact) mass is 425 g/mol. The second kappa shape index (κ2) is 9.89. The SMILES string of the molecule is CN(Cc1ccccc1)C(=O)c1cccc(NC(=O)CNc2ccc(F)c(Cl)c2)c1. The number of anilines is 2. The molecule has 0 atom stereocenters. The molecule has 0 saturated heterocycles. The van der Waals surface area contributed by atoms with Crippen molar-refractivity contribution in [2.45, 2.75) is 6.54 Å². The van der Waals surface area contributed by atoms with Crippen LogP contribution in [0, 0.1) is 5.82 Å². The van der Waals surface area contributed by atoms with Crippen LogP contribution < -0.4 is 10.6 Å². The molecule has 3 rings (SSSR count). The molecule has 0 saturated carbocycles. The highest BCUT2D eigenvalue weighted by Gasteiger charge is 2.13. The van der Waals surface area contributed by atoms with E-state index in [9.17, 15) is 14.0 Å². The average molecular weight is 426 g/mol. The normalized spacial score (nSPS) is 10.4. The largest absolute Gasteiger partial charge is 0.376 e. The molecular weight excluding hydrogens is 405 g/mol. The number of rotatable bonds is 7. The highest BCUT2D eigenvalue weighted by molar-refractivity contribution is 6.31. The zero-order valence-corrected chi connectivity index (χ0v) is 17.1. The summed E-state index contributed by atoms with van der Waals surface area (Å²) < 4.78 is 13.2. The van der Waals surface area contributed by atoms with Gasteiger partial charge >= 0.3 is 0 Å². The summed E-state index contributed by atoms with van der Waals surface area (Å²) in [5, 5.41) is 5.60. The van der Waals surface area contributed by atoms with Gasteiger partial charge in [-0.3, -0.25) is 9.59 Å². The molecule has 7 heteroatoms. The second-order valence-corrected chi connectivity index (χ2v) is 7.17. The van der Waals surface area contributed by atoms with Crippen molar-refractivity contribution in [2.24, 2.45) is 0 Å². The molecule has 3 aromatic rings. The van der Waals surface area contributed by atoms with Crippen molar-refractivity contribution in [3.8, 4) is 0 Å².